The molecule has 0 bridgehead atoms. The first-order valence-electron chi connectivity index (χ1n) is 5.57. The van der Waals surface area contributed by atoms with Crippen molar-refractivity contribution in [3.05, 3.63) is 46.1 Å². The van der Waals surface area contributed by atoms with Gasteiger partial charge in [-0.05, 0) is 6.92 Å². The Labute approximate surface area is 114 Å². The van der Waals surface area contributed by atoms with E-state index in [9.17, 15) is 14.4 Å². The minimum absolute atomic E-state index is 0.0864. The van der Waals surface area contributed by atoms with Gasteiger partial charge >= 0.3 is 0 Å². The Morgan fingerprint density at radius 3 is 2.26 bits per heavy atom. The lowest BCUT2D eigenvalue weighted by Crippen LogP contribution is -2.41. The van der Waals surface area contributed by atoms with Gasteiger partial charge < -0.3 is 11.1 Å². The fourth-order valence-electron chi connectivity index (χ4n) is 1.76. The number of hydrogen-bond acceptors (Lipinski definition) is 4. The molecule has 0 radical (unpaired) electrons. The second-order valence-corrected chi connectivity index (χ2v) is 4.54. The first kappa shape index (κ1) is 13.3. The van der Waals surface area contributed by atoms with Gasteiger partial charge in [0.05, 0.1) is 0 Å². The van der Waals surface area contributed by atoms with Crippen molar-refractivity contribution in [2.45, 2.75) is 13.0 Å². The fourth-order valence-corrected chi connectivity index (χ4v) is 2.00. The molecule has 1 aromatic rings. The third kappa shape index (κ3) is 2.24. The molecule has 6 heteroatoms. The van der Waals surface area contributed by atoms with Crippen molar-refractivity contribution in [2.24, 2.45) is 5.73 Å². The number of halogens is 1. The van der Waals surface area contributed by atoms with Crippen LogP contribution >= 0.6 is 11.6 Å². The summed E-state index contributed by atoms with van der Waals surface area (Å²) in [4.78, 5) is 35.3. The van der Waals surface area contributed by atoms with Gasteiger partial charge in [0.2, 0.25) is 17.5 Å². The lowest BCUT2D eigenvalue weighted by molar-refractivity contribution is -0.119. The van der Waals surface area contributed by atoms with E-state index >= 15 is 0 Å². The van der Waals surface area contributed by atoms with E-state index < -0.39 is 23.5 Å². The molecule has 1 aromatic carbocycles. The predicted octanol–water partition coefficient (Wildman–Crippen LogP) is 0.979. The summed E-state index contributed by atoms with van der Waals surface area (Å²) in [6.07, 6.45) is 0. The van der Waals surface area contributed by atoms with E-state index in [0.29, 0.717) is 0 Å². The maximum Gasteiger partial charge on any atom is 0.239 e. The van der Waals surface area contributed by atoms with Gasteiger partial charge in [-0.2, -0.15) is 0 Å². The van der Waals surface area contributed by atoms with Gasteiger partial charge in [-0.3, -0.25) is 14.4 Å². The number of primary amides is 1. The maximum absolute atomic E-state index is 12.2. The Kier molecular flexibility index (Phi) is 3.40. The minimum atomic E-state index is -0.800. The Morgan fingerprint density at radius 1 is 1.21 bits per heavy atom. The van der Waals surface area contributed by atoms with Crippen LogP contribution in [0.25, 0.3) is 0 Å². The molecule has 2 rings (SSSR count). The number of carbonyl (C=O) groups is 3. The first-order chi connectivity index (χ1) is 8.93. The SMILES string of the molecule is C[C@H](NC1=C(Cl)C(=O)c2ccccc2C1=O)C(N)=O. The number of fused-ring (bicyclic) bond motifs is 1. The van der Waals surface area contributed by atoms with Crippen molar-refractivity contribution in [1.29, 1.82) is 0 Å². The molecule has 5 nitrogen and oxygen atoms in total. The number of ketones is 2. The van der Waals surface area contributed by atoms with Gasteiger partial charge in [0.25, 0.3) is 0 Å². The lowest BCUT2D eigenvalue weighted by atomic mass is 9.92. The number of allylic oxidation sites excluding steroid dienone is 2. The summed E-state index contributed by atoms with van der Waals surface area (Å²) in [5.41, 5.74) is 5.54. The zero-order chi connectivity index (χ0) is 14.2. The molecule has 1 aliphatic rings. The Balaban J connectivity index is 2.46. The molecule has 3 N–H and O–H groups in total. The molecular formula is C13H11ClN2O3. The van der Waals surface area contributed by atoms with Crippen LogP contribution in [0, 0.1) is 0 Å². The summed E-state index contributed by atoms with van der Waals surface area (Å²) >= 11 is 5.90. The second kappa shape index (κ2) is 4.85. The third-order valence-electron chi connectivity index (χ3n) is 2.85. The summed E-state index contributed by atoms with van der Waals surface area (Å²) in [5, 5.41) is 2.37. The number of nitrogens with two attached hydrogens (primary N) is 1. The smallest absolute Gasteiger partial charge is 0.239 e. The molecule has 0 unspecified atom stereocenters. The largest absolute Gasteiger partial charge is 0.369 e. The summed E-state index contributed by atoms with van der Waals surface area (Å²) in [5.74, 6) is -1.51. The Hall–Kier alpha value is -2.14. The van der Waals surface area contributed by atoms with Crippen molar-refractivity contribution >= 4 is 29.1 Å². The molecule has 0 saturated heterocycles. The molecule has 1 atom stereocenters. The van der Waals surface area contributed by atoms with Crippen LogP contribution in [0.3, 0.4) is 0 Å². The van der Waals surface area contributed by atoms with Gasteiger partial charge in [0.1, 0.15) is 16.8 Å². The van der Waals surface area contributed by atoms with Crippen molar-refractivity contribution in [1.82, 2.24) is 5.32 Å². The summed E-state index contributed by atoms with van der Waals surface area (Å²) in [6, 6.07) is 5.57. The number of rotatable bonds is 3. The van der Waals surface area contributed by atoms with Crippen LogP contribution in [-0.2, 0) is 4.79 Å². The minimum Gasteiger partial charge on any atom is -0.369 e. The first-order valence-corrected chi connectivity index (χ1v) is 5.95. The van der Waals surface area contributed by atoms with E-state index in [-0.39, 0.29) is 21.9 Å². The molecule has 1 aliphatic carbocycles. The normalized spacial score (nSPS) is 16.1. The van der Waals surface area contributed by atoms with Crippen LogP contribution < -0.4 is 11.1 Å². The molecule has 1 amide bonds. The van der Waals surface area contributed by atoms with E-state index in [1.54, 1.807) is 12.1 Å². The van der Waals surface area contributed by atoms with Crippen molar-refractivity contribution in [2.75, 3.05) is 0 Å². The van der Waals surface area contributed by atoms with E-state index in [1.165, 1.54) is 19.1 Å². The van der Waals surface area contributed by atoms with Crippen LogP contribution in [0.1, 0.15) is 27.6 Å². The number of amides is 1. The van der Waals surface area contributed by atoms with Gasteiger partial charge in [0.15, 0.2) is 0 Å². The van der Waals surface area contributed by atoms with Crippen LogP contribution in [0.2, 0.25) is 0 Å². The molecule has 19 heavy (non-hydrogen) atoms. The topological polar surface area (TPSA) is 89.3 Å². The monoisotopic (exact) mass is 278 g/mol. The number of carbonyl (C=O) groups excluding carboxylic acids is 3. The number of nitrogens with one attached hydrogen (secondary N) is 1. The van der Waals surface area contributed by atoms with Crippen LogP contribution in [0.5, 0.6) is 0 Å². The molecule has 0 heterocycles. The molecule has 0 fully saturated rings. The van der Waals surface area contributed by atoms with E-state index in [4.69, 9.17) is 17.3 Å². The van der Waals surface area contributed by atoms with Crippen molar-refractivity contribution in [3.63, 3.8) is 0 Å². The molecular weight excluding hydrogens is 268 g/mol. The molecule has 0 spiro atoms. The van der Waals surface area contributed by atoms with Gasteiger partial charge in [-0.15, -0.1) is 0 Å². The zero-order valence-corrected chi connectivity index (χ0v) is 10.8. The Bertz CT molecular complexity index is 622. The fraction of sp³-hybridized carbons (Fsp3) is 0.154. The van der Waals surface area contributed by atoms with Crippen LogP contribution in [0.4, 0.5) is 0 Å². The van der Waals surface area contributed by atoms with Gasteiger partial charge in [0, 0.05) is 11.1 Å². The quantitative estimate of drug-likeness (QED) is 0.862. The molecule has 98 valence electrons. The standard InChI is InChI=1S/C13H11ClN2O3/c1-6(13(15)19)16-10-9(14)11(17)7-4-2-3-5-8(7)12(10)18/h2-6,16H,1H3,(H2,15,19)/t6-/m0/s1. The van der Waals surface area contributed by atoms with Crippen LogP contribution in [-0.4, -0.2) is 23.5 Å². The van der Waals surface area contributed by atoms with Crippen LogP contribution in [0.15, 0.2) is 35.0 Å². The predicted molar refractivity (Wildman–Crippen MR) is 69.8 cm³/mol. The van der Waals surface area contributed by atoms with E-state index in [1.807, 2.05) is 0 Å². The average molecular weight is 279 g/mol. The number of benzene rings is 1. The maximum atomic E-state index is 12.2. The number of hydrogen-bond donors (Lipinski definition) is 2. The molecule has 0 aliphatic heterocycles. The van der Waals surface area contributed by atoms with E-state index in [2.05, 4.69) is 5.32 Å². The second-order valence-electron chi connectivity index (χ2n) is 4.16. The highest BCUT2D eigenvalue weighted by molar-refractivity contribution is 6.49. The van der Waals surface area contributed by atoms with Gasteiger partial charge in [-0.1, -0.05) is 35.9 Å². The highest BCUT2D eigenvalue weighted by atomic mass is 35.5. The third-order valence-corrected chi connectivity index (χ3v) is 3.21. The molecule has 0 saturated carbocycles. The lowest BCUT2D eigenvalue weighted by Gasteiger charge is -2.20. The summed E-state index contributed by atoms with van der Waals surface area (Å²) < 4.78 is 0. The van der Waals surface area contributed by atoms with Gasteiger partial charge in [-0.25, -0.2) is 0 Å². The summed E-state index contributed by atoms with van der Waals surface area (Å²) in [6.45, 7) is 1.48. The Morgan fingerprint density at radius 2 is 1.74 bits per heavy atom. The average Bonchev–Trinajstić information content (AvgIpc) is 2.40. The summed E-state index contributed by atoms with van der Waals surface area (Å²) in [7, 11) is 0. The zero-order valence-electron chi connectivity index (χ0n) is 10.1. The highest BCUT2D eigenvalue weighted by Crippen LogP contribution is 2.27. The van der Waals surface area contributed by atoms with E-state index in [0.717, 1.165) is 0 Å². The number of Topliss-reactive ketones (excluding diaryl/α,β-unsaturated/α-hetero) is 2. The highest BCUT2D eigenvalue weighted by Gasteiger charge is 2.32. The van der Waals surface area contributed by atoms with Crippen molar-refractivity contribution in [3.8, 4) is 0 Å². The molecule has 0 aromatic heterocycles. The van der Waals surface area contributed by atoms with Crippen molar-refractivity contribution < 1.29 is 14.4 Å².